The first-order chi connectivity index (χ1) is 10.0. The Kier molecular flexibility index (Phi) is 2.56. The fraction of sp³-hybridized carbons (Fsp3) is 0.500. The maximum Gasteiger partial charge on any atom is 0.263 e. The summed E-state index contributed by atoms with van der Waals surface area (Å²) in [5.74, 6) is 0.574. The zero-order valence-electron chi connectivity index (χ0n) is 12.2. The molecule has 0 bridgehead atoms. The summed E-state index contributed by atoms with van der Waals surface area (Å²) in [6, 6.07) is 0. The van der Waals surface area contributed by atoms with E-state index in [1.54, 1.807) is 29.3 Å². The lowest BCUT2D eigenvalue weighted by Crippen LogP contribution is -2.34. The number of nitrogens with zero attached hydrogens (tertiary/aromatic N) is 4. The number of rotatable bonds is 1. The van der Waals surface area contributed by atoms with Crippen LogP contribution in [-0.2, 0) is 24.8 Å². The predicted octanol–water partition coefficient (Wildman–Crippen LogP) is 1.88. The fourth-order valence-electron chi connectivity index (χ4n) is 2.94. The Labute approximate surface area is 125 Å². The van der Waals surface area contributed by atoms with Crippen LogP contribution in [0, 0.1) is 0 Å². The van der Waals surface area contributed by atoms with Crippen LogP contribution in [0.1, 0.15) is 30.7 Å². The highest BCUT2D eigenvalue weighted by Crippen LogP contribution is 2.38. The van der Waals surface area contributed by atoms with Gasteiger partial charge in [0.1, 0.15) is 11.2 Å². The molecule has 0 unspecified atom stereocenters. The van der Waals surface area contributed by atoms with Crippen LogP contribution < -0.4 is 5.56 Å². The Morgan fingerprint density at radius 1 is 1.52 bits per heavy atom. The van der Waals surface area contributed by atoms with E-state index < -0.39 is 0 Å². The van der Waals surface area contributed by atoms with E-state index >= 15 is 0 Å². The molecule has 1 atom stereocenters. The van der Waals surface area contributed by atoms with Gasteiger partial charge in [-0.2, -0.15) is 0 Å². The molecule has 0 aromatic carbocycles. The van der Waals surface area contributed by atoms with Crippen molar-refractivity contribution in [1.82, 2.24) is 19.2 Å². The first kappa shape index (κ1) is 13.0. The van der Waals surface area contributed by atoms with Crippen molar-refractivity contribution in [2.45, 2.75) is 38.9 Å². The quantitative estimate of drug-likeness (QED) is 0.689. The third-order valence-electron chi connectivity index (χ3n) is 4.49. The molecule has 1 aliphatic rings. The molecule has 0 N–H and O–H groups in total. The van der Waals surface area contributed by atoms with Crippen LogP contribution in [-0.4, -0.2) is 24.8 Å². The van der Waals surface area contributed by atoms with Gasteiger partial charge in [-0.3, -0.25) is 13.8 Å². The number of thiophene rings is 1. The number of hydrogen-bond acceptors (Lipinski definition) is 5. The lowest BCUT2D eigenvalue weighted by molar-refractivity contribution is -0.0543. The van der Waals surface area contributed by atoms with E-state index in [-0.39, 0.29) is 11.2 Å². The summed E-state index contributed by atoms with van der Waals surface area (Å²) in [6.45, 7) is 4.81. The number of ether oxygens (including phenoxy) is 1. The van der Waals surface area contributed by atoms with Crippen molar-refractivity contribution in [2.24, 2.45) is 7.05 Å². The molecule has 1 aliphatic heterocycles. The summed E-state index contributed by atoms with van der Waals surface area (Å²) < 4.78 is 9.46. The molecule has 0 saturated heterocycles. The Hall–Kier alpha value is -1.73. The van der Waals surface area contributed by atoms with E-state index in [9.17, 15) is 4.79 Å². The van der Waals surface area contributed by atoms with E-state index in [0.29, 0.717) is 12.4 Å². The highest BCUT2D eigenvalue weighted by Gasteiger charge is 2.33. The lowest BCUT2D eigenvalue weighted by atomic mass is 9.90. The molecule has 0 aliphatic carbocycles. The molecule has 3 aromatic rings. The highest BCUT2D eigenvalue weighted by atomic mass is 32.1. The van der Waals surface area contributed by atoms with Crippen molar-refractivity contribution in [3.8, 4) is 0 Å². The zero-order chi connectivity index (χ0) is 14.8. The third-order valence-corrected chi connectivity index (χ3v) is 5.69. The summed E-state index contributed by atoms with van der Waals surface area (Å²) in [5.41, 5.74) is 0.957. The second-order valence-corrected chi connectivity index (χ2v) is 6.90. The first-order valence-electron chi connectivity index (χ1n) is 7.01. The van der Waals surface area contributed by atoms with E-state index in [1.807, 2.05) is 4.40 Å². The Morgan fingerprint density at radius 2 is 2.33 bits per heavy atom. The number of aryl methyl sites for hydroxylation is 1. The molecule has 21 heavy (non-hydrogen) atoms. The molecule has 6 nitrogen and oxygen atoms in total. The monoisotopic (exact) mass is 304 g/mol. The van der Waals surface area contributed by atoms with Gasteiger partial charge < -0.3 is 4.74 Å². The minimum atomic E-state index is -0.186. The molecule has 4 heterocycles. The molecule has 0 spiro atoms. The molecule has 7 heteroatoms. The Bertz CT molecular complexity index is 922. The fourth-order valence-corrected chi connectivity index (χ4v) is 4.13. The number of aromatic nitrogens is 4. The second kappa shape index (κ2) is 4.14. The topological polar surface area (TPSA) is 61.4 Å². The maximum atomic E-state index is 12.7. The molecular formula is C14H16N4O2S. The lowest BCUT2D eigenvalue weighted by Gasteiger charge is -2.32. The van der Waals surface area contributed by atoms with Gasteiger partial charge in [-0.25, -0.2) is 0 Å². The predicted molar refractivity (Wildman–Crippen MR) is 80.8 cm³/mol. The molecule has 0 saturated carbocycles. The number of hydrogen-bond donors (Lipinski definition) is 0. The zero-order valence-corrected chi connectivity index (χ0v) is 13.0. The average molecular weight is 304 g/mol. The summed E-state index contributed by atoms with van der Waals surface area (Å²) in [4.78, 5) is 14.8. The molecule has 3 aromatic heterocycles. The van der Waals surface area contributed by atoms with Gasteiger partial charge in [-0.05, 0) is 18.9 Å². The van der Waals surface area contributed by atoms with Crippen LogP contribution >= 0.6 is 11.3 Å². The normalized spacial score (nSPS) is 22.0. The molecule has 0 fully saturated rings. The van der Waals surface area contributed by atoms with Gasteiger partial charge in [-0.1, -0.05) is 6.92 Å². The van der Waals surface area contributed by atoms with E-state index in [2.05, 4.69) is 24.0 Å². The second-order valence-electron chi connectivity index (χ2n) is 5.82. The van der Waals surface area contributed by atoms with Gasteiger partial charge in [0, 0.05) is 18.3 Å². The Morgan fingerprint density at radius 3 is 3.10 bits per heavy atom. The van der Waals surface area contributed by atoms with Crippen molar-refractivity contribution in [3.63, 3.8) is 0 Å². The van der Waals surface area contributed by atoms with Crippen molar-refractivity contribution < 1.29 is 4.74 Å². The number of fused-ring (bicyclic) bond motifs is 5. The summed E-state index contributed by atoms with van der Waals surface area (Å²) in [6.07, 6.45) is 3.37. The van der Waals surface area contributed by atoms with E-state index in [0.717, 1.165) is 33.5 Å². The third kappa shape index (κ3) is 1.64. The SMILES string of the molecule is CC[C@]1(C)Cc2c(sc3c2c(=O)n(C)c2nncn32)CO1. The average Bonchev–Trinajstić information content (AvgIpc) is 3.08. The van der Waals surface area contributed by atoms with Crippen LogP contribution in [0.3, 0.4) is 0 Å². The van der Waals surface area contributed by atoms with E-state index in [1.165, 1.54) is 0 Å². The van der Waals surface area contributed by atoms with Crippen LogP contribution in [0.25, 0.3) is 16.0 Å². The summed E-state index contributed by atoms with van der Waals surface area (Å²) in [7, 11) is 1.74. The smallest absolute Gasteiger partial charge is 0.263 e. The summed E-state index contributed by atoms with van der Waals surface area (Å²) in [5, 5.41) is 8.76. The van der Waals surface area contributed by atoms with E-state index in [4.69, 9.17) is 4.74 Å². The molecule has 0 amide bonds. The minimum absolute atomic E-state index is 0.00310. The largest absolute Gasteiger partial charge is 0.369 e. The summed E-state index contributed by atoms with van der Waals surface area (Å²) >= 11 is 1.61. The highest BCUT2D eigenvalue weighted by molar-refractivity contribution is 7.18. The molecule has 0 radical (unpaired) electrons. The minimum Gasteiger partial charge on any atom is -0.369 e. The van der Waals surface area contributed by atoms with Crippen LogP contribution in [0.4, 0.5) is 0 Å². The molecule has 4 rings (SSSR count). The van der Waals surface area contributed by atoms with Crippen LogP contribution in [0.5, 0.6) is 0 Å². The van der Waals surface area contributed by atoms with Crippen molar-refractivity contribution in [3.05, 3.63) is 27.1 Å². The Balaban J connectivity index is 2.12. The van der Waals surface area contributed by atoms with Crippen molar-refractivity contribution in [1.29, 1.82) is 0 Å². The van der Waals surface area contributed by atoms with Crippen LogP contribution in [0.2, 0.25) is 0 Å². The van der Waals surface area contributed by atoms with Gasteiger partial charge >= 0.3 is 0 Å². The first-order valence-corrected chi connectivity index (χ1v) is 7.82. The van der Waals surface area contributed by atoms with Gasteiger partial charge in [0.2, 0.25) is 5.78 Å². The maximum absolute atomic E-state index is 12.7. The molecule has 110 valence electrons. The van der Waals surface area contributed by atoms with Gasteiger partial charge in [0.05, 0.1) is 17.6 Å². The van der Waals surface area contributed by atoms with Crippen molar-refractivity contribution >= 4 is 27.3 Å². The van der Waals surface area contributed by atoms with Gasteiger partial charge in [0.25, 0.3) is 5.56 Å². The van der Waals surface area contributed by atoms with Crippen molar-refractivity contribution in [2.75, 3.05) is 0 Å². The standard InChI is InChI=1S/C14H16N4O2S/c1-4-14(2)5-8-9(6-20-14)21-12-10(8)11(19)17(3)13-16-15-7-18(12)13/h7H,4-6H2,1-3H3/t14-/m1/s1. The molecular weight excluding hydrogens is 288 g/mol. The van der Waals surface area contributed by atoms with Gasteiger partial charge in [-0.15, -0.1) is 21.5 Å². The van der Waals surface area contributed by atoms with Crippen LogP contribution in [0.15, 0.2) is 11.1 Å². The van der Waals surface area contributed by atoms with Gasteiger partial charge in [0.15, 0.2) is 0 Å².